The lowest BCUT2D eigenvalue weighted by Crippen LogP contribution is -2.42. The smallest absolute Gasteiger partial charge is 0.274 e. The fraction of sp³-hybridized carbons (Fsp3) is 0.467. The number of carbonyl (C=O) groups excluding carboxylic acids is 1. The van der Waals surface area contributed by atoms with Gasteiger partial charge in [-0.25, -0.2) is 4.98 Å². The number of amides is 1. The van der Waals surface area contributed by atoms with Crippen LogP contribution >= 0.6 is 0 Å². The van der Waals surface area contributed by atoms with Gasteiger partial charge in [0.2, 0.25) is 0 Å². The third-order valence-corrected chi connectivity index (χ3v) is 3.93. The van der Waals surface area contributed by atoms with Gasteiger partial charge in [-0.05, 0) is 25.0 Å². The summed E-state index contributed by atoms with van der Waals surface area (Å²) in [5.74, 6) is -0.0744. The van der Waals surface area contributed by atoms with Gasteiger partial charge in [-0.2, -0.15) is 0 Å². The third kappa shape index (κ3) is 2.41. The number of nitrogens with zero attached hydrogens (tertiary/aromatic N) is 3. The number of rotatable bonds is 2. The van der Waals surface area contributed by atoms with Crippen LogP contribution in [-0.2, 0) is 0 Å². The van der Waals surface area contributed by atoms with E-state index in [0.717, 1.165) is 31.3 Å². The van der Waals surface area contributed by atoms with Crippen LogP contribution in [0.2, 0.25) is 0 Å². The standard InChI is InChI=1S/C15H19N3O2/c19-11-12-6-2-1-4-9-18(12)15(20)13-10-17-8-5-3-7-14(17)16-13/h3,5,7-8,10,12,19H,1-2,4,6,9,11H2. The molecule has 1 saturated heterocycles. The highest BCUT2D eigenvalue weighted by Gasteiger charge is 2.27. The van der Waals surface area contributed by atoms with Crippen molar-refractivity contribution in [3.05, 3.63) is 36.3 Å². The first-order chi connectivity index (χ1) is 9.79. The van der Waals surface area contributed by atoms with Crippen LogP contribution < -0.4 is 0 Å². The molecule has 5 nitrogen and oxygen atoms in total. The van der Waals surface area contributed by atoms with Crippen LogP contribution in [0.25, 0.3) is 5.65 Å². The van der Waals surface area contributed by atoms with Gasteiger partial charge in [-0.15, -0.1) is 0 Å². The van der Waals surface area contributed by atoms with Crippen molar-refractivity contribution in [2.45, 2.75) is 31.7 Å². The maximum atomic E-state index is 12.6. The molecule has 106 valence electrons. The summed E-state index contributed by atoms with van der Waals surface area (Å²) in [6.45, 7) is 0.733. The average molecular weight is 273 g/mol. The molecule has 0 radical (unpaired) electrons. The molecule has 1 atom stereocenters. The van der Waals surface area contributed by atoms with Crippen LogP contribution in [0.4, 0.5) is 0 Å². The summed E-state index contributed by atoms with van der Waals surface area (Å²) in [5.41, 5.74) is 1.22. The second-order valence-electron chi connectivity index (χ2n) is 5.28. The minimum absolute atomic E-state index is 0.0269. The molecule has 3 heterocycles. The fourth-order valence-corrected chi connectivity index (χ4v) is 2.82. The molecule has 2 aromatic rings. The lowest BCUT2D eigenvalue weighted by atomic mass is 10.1. The van der Waals surface area contributed by atoms with Crippen molar-refractivity contribution in [1.29, 1.82) is 0 Å². The van der Waals surface area contributed by atoms with E-state index < -0.39 is 0 Å². The van der Waals surface area contributed by atoms with Crippen LogP contribution in [0, 0.1) is 0 Å². The first-order valence-electron chi connectivity index (χ1n) is 7.15. The number of aliphatic hydroxyl groups is 1. The molecule has 0 saturated carbocycles. The molecule has 0 spiro atoms. The van der Waals surface area contributed by atoms with Crippen LogP contribution in [0.5, 0.6) is 0 Å². The predicted octanol–water partition coefficient (Wildman–Crippen LogP) is 1.71. The molecule has 2 aromatic heterocycles. The van der Waals surface area contributed by atoms with Gasteiger partial charge >= 0.3 is 0 Å². The predicted molar refractivity (Wildman–Crippen MR) is 75.6 cm³/mol. The zero-order valence-electron chi connectivity index (χ0n) is 11.4. The number of aliphatic hydroxyl groups excluding tert-OH is 1. The first kappa shape index (κ1) is 13.1. The molecule has 0 bridgehead atoms. The van der Waals surface area contributed by atoms with Crippen molar-refractivity contribution >= 4 is 11.6 Å². The summed E-state index contributed by atoms with van der Waals surface area (Å²) in [4.78, 5) is 18.8. The largest absolute Gasteiger partial charge is 0.394 e. The van der Waals surface area contributed by atoms with E-state index in [4.69, 9.17) is 0 Å². The maximum Gasteiger partial charge on any atom is 0.274 e. The first-order valence-corrected chi connectivity index (χ1v) is 7.15. The van der Waals surface area contributed by atoms with Crippen molar-refractivity contribution in [3.8, 4) is 0 Å². The average Bonchev–Trinajstić information content (AvgIpc) is 2.77. The Morgan fingerprint density at radius 3 is 3.05 bits per heavy atom. The minimum atomic E-state index is -0.0744. The Bertz CT molecular complexity index is 575. The van der Waals surface area contributed by atoms with E-state index in [2.05, 4.69) is 4.98 Å². The zero-order valence-corrected chi connectivity index (χ0v) is 11.4. The number of fused-ring (bicyclic) bond motifs is 1. The molecule has 0 aromatic carbocycles. The molecule has 1 aliphatic rings. The molecule has 1 fully saturated rings. The molecule has 0 aliphatic carbocycles. The number of hydrogen-bond acceptors (Lipinski definition) is 3. The summed E-state index contributed by atoms with van der Waals surface area (Å²) in [5, 5.41) is 9.50. The van der Waals surface area contributed by atoms with Gasteiger partial charge in [0.1, 0.15) is 11.3 Å². The van der Waals surface area contributed by atoms with Gasteiger partial charge < -0.3 is 14.4 Å². The number of aromatic nitrogens is 2. The SMILES string of the molecule is O=C(c1cn2ccccc2n1)N1CCCCCC1CO. The van der Waals surface area contributed by atoms with Gasteiger partial charge in [0.15, 0.2) is 0 Å². The lowest BCUT2D eigenvalue weighted by molar-refractivity contribution is 0.0594. The molecule has 20 heavy (non-hydrogen) atoms. The van der Waals surface area contributed by atoms with Crippen molar-refractivity contribution in [3.63, 3.8) is 0 Å². The van der Waals surface area contributed by atoms with Crippen LogP contribution in [0.1, 0.15) is 36.2 Å². The summed E-state index contributed by atoms with van der Waals surface area (Å²) in [6.07, 6.45) is 7.69. The lowest BCUT2D eigenvalue weighted by Gasteiger charge is -2.27. The van der Waals surface area contributed by atoms with Gasteiger partial charge in [0.25, 0.3) is 5.91 Å². The Kier molecular flexibility index (Phi) is 3.69. The molecule has 5 heteroatoms. The maximum absolute atomic E-state index is 12.6. The Balaban J connectivity index is 1.89. The third-order valence-electron chi connectivity index (χ3n) is 3.93. The van der Waals surface area contributed by atoms with Crippen LogP contribution in [0.3, 0.4) is 0 Å². The number of carbonyl (C=O) groups is 1. The molecular formula is C15H19N3O2. The zero-order chi connectivity index (χ0) is 13.9. The number of hydrogen-bond donors (Lipinski definition) is 1. The van der Waals surface area contributed by atoms with E-state index in [1.807, 2.05) is 28.8 Å². The monoisotopic (exact) mass is 273 g/mol. The van der Waals surface area contributed by atoms with E-state index >= 15 is 0 Å². The highest BCUT2D eigenvalue weighted by atomic mass is 16.3. The molecule has 1 unspecified atom stereocenters. The summed E-state index contributed by atoms with van der Waals surface area (Å²) in [6, 6.07) is 5.61. The van der Waals surface area contributed by atoms with Gasteiger partial charge in [-0.3, -0.25) is 4.79 Å². The van der Waals surface area contributed by atoms with E-state index in [0.29, 0.717) is 12.2 Å². The van der Waals surface area contributed by atoms with Gasteiger partial charge in [-0.1, -0.05) is 18.9 Å². The Morgan fingerprint density at radius 1 is 1.35 bits per heavy atom. The van der Waals surface area contributed by atoms with Gasteiger partial charge in [0, 0.05) is 18.9 Å². The van der Waals surface area contributed by atoms with Crippen LogP contribution in [-0.4, -0.2) is 44.5 Å². The quantitative estimate of drug-likeness (QED) is 0.906. The topological polar surface area (TPSA) is 57.8 Å². The molecule has 3 rings (SSSR count). The second-order valence-corrected chi connectivity index (χ2v) is 5.28. The number of likely N-dealkylation sites (tertiary alicyclic amines) is 1. The number of pyridine rings is 1. The van der Waals surface area contributed by atoms with E-state index in [1.54, 1.807) is 11.1 Å². The summed E-state index contributed by atoms with van der Waals surface area (Å²) < 4.78 is 1.85. The van der Waals surface area contributed by atoms with Crippen molar-refractivity contribution in [1.82, 2.24) is 14.3 Å². The summed E-state index contributed by atoms with van der Waals surface area (Å²) >= 11 is 0. The Morgan fingerprint density at radius 2 is 2.25 bits per heavy atom. The van der Waals surface area contributed by atoms with Crippen molar-refractivity contribution in [2.75, 3.05) is 13.2 Å². The highest BCUT2D eigenvalue weighted by molar-refractivity contribution is 5.93. The van der Waals surface area contributed by atoms with E-state index in [1.165, 1.54) is 0 Å². The fourth-order valence-electron chi connectivity index (χ4n) is 2.82. The molecule has 1 N–H and O–H groups in total. The van der Waals surface area contributed by atoms with Gasteiger partial charge in [0.05, 0.1) is 12.6 Å². The molecule has 1 amide bonds. The van der Waals surface area contributed by atoms with Crippen molar-refractivity contribution < 1.29 is 9.90 Å². The normalized spacial score (nSPS) is 20.1. The van der Waals surface area contributed by atoms with Crippen LogP contribution in [0.15, 0.2) is 30.6 Å². The minimum Gasteiger partial charge on any atom is -0.394 e. The highest BCUT2D eigenvalue weighted by Crippen LogP contribution is 2.19. The second kappa shape index (κ2) is 5.63. The van der Waals surface area contributed by atoms with E-state index in [-0.39, 0.29) is 18.6 Å². The molecular weight excluding hydrogens is 254 g/mol. The Labute approximate surface area is 117 Å². The summed E-state index contributed by atoms with van der Waals surface area (Å²) in [7, 11) is 0. The molecule has 1 aliphatic heterocycles. The number of imidazole rings is 1. The Hall–Kier alpha value is -1.88. The van der Waals surface area contributed by atoms with E-state index in [9.17, 15) is 9.90 Å². The van der Waals surface area contributed by atoms with Crippen molar-refractivity contribution in [2.24, 2.45) is 0 Å².